The molecule has 0 spiro atoms. The number of hydrogen-bond acceptors (Lipinski definition) is 2. The van der Waals surface area contributed by atoms with Crippen LogP contribution >= 0.6 is 0 Å². The van der Waals surface area contributed by atoms with E-state index in [1.54, 1.807) is 0 Å². The highest BCUT2D eigenvalue weighted by atomic mass is 19.1. The van der Waals surface area contributed by atoms with Crippen LogP contribution in [-0.4, -0.2) is 17.7 Å². The van der Waals surface area contributed by atoms with E-state index >= 15 is 0 Å². The molecule has 1 heterocycles. The second-order valence-electron chi connectivity index (χ2n) is 4.52. The molecule has 1 aliphatic rings. The molecule has 17 heavy (non-hydrogen) atoms. The lowest BCUT2D eigenvalue weighted by atomic mass is 9.98. The van der Waals surface area contributed by atoms with Crippen molar-refractivity contribution in [1.29, 1.82) is 0 Å². The third kappa shape index (κ3) is 3.01. The summed E-state index contributed by atoms with van der Waals surface area (Å²) in [6, 6.07) is 3.17. The lowest BCUT2D eigenvalue weighted by Gasteiger charge is -2.23. The zero-order valence-electron chi connectivity index (χ0n) is 9.63. The molecule has 2 unspecified atom stereocenters. The summed E-state index contributed by atoms with van der Waals surface area (Å²) in [6.45, 7) is 0.838. The lowest BCUT2D eigenvalue weighted by Crippen LogP contribution is -2.34. The van der Waals surface area contributed by atoms with Crippen molar-refractivity contribution < 1.29 is 13.9 Å². The molecular weight excluding hydrogens is 224 g/mol. The van der Waals surface area contributed by atoms with Crippen molar-refractivity contribution >= 4 is 0 Å². The Morgan fingerprint density at radius 1 is 1.24 bits per heavy atom. The maximum Gasteiger partial charge on any atom is 0.131 e. The highest BCUT2D eigenvalue weighted by molar-refractivity contribution is 5.22. The van der Waals surface area contributed by atoms with Gasteiger partial charge >= 0.3 is 0 Å². The molecule has 1 aliphatic heterocycles. The van der Waals surface area contributed by atoms with Crippen molar-refractivity contribution in [2.24, 2.45) is 0 Å². The number of halogens is 2. The Bertz CT molecular complexity index is 376. The first-order chi connectivity index (χ1) is 8.18. The first-order valence-electron chi connectivity index (χ1n) is 6.05. The van der Waals surface area contributed by atoms with Gasteiger partial charge in [0.2, 0.25) is 0 Å². The summed E-state index contributed by atoms with van der Waals surface area (Å²) in [5, 5.41) is 13.3. The Morgan fingerprint density at radius 2 is 2.06 bits per heavy atom. The van der Waals surface area contributed by atoms with Gasteiger partial charge in [0.1, 0.15) is 11.6 Å². The summed E-state index contributed by atoms with van der Waals surface area (Å²) in [5.74, 6) is -1.30. The van der Waals surface area contributed by atoms with Crippen molar-refractivity contribution in [2.45, 2.75) is 37.8 Å². The molecule has 0 aromatic heterocycles. The van der Waals surface area contributed by atoms with E-state index in [1.165, 1.54) is 12.1 Å². The van der Waals surface area contributed by atoms with E-state index < -0.39 is 17.7 Å². The van der Waals surface area contributed by atoms with Crippen molar-refractivity contribution in [1.82, 2.24) is 5.32 Å². The van der Waals surface area contributed by atoms with Crippen LogP contribution in [0.5, 0.6) is 0 Å². The number of aliphatic hydroxyl groups excluding tert-OH is 1. The molecule has 1 aromatic carbocycles. The number of hydrogen-bond donors (Lipinski definition) is 2. The molecular formula is C13H17F2NO. The van der Waals surface area contributed by atoms with Crippen LogP contribution in [0.25, 0.3) is 0 Å². The Morgan fingerprint density at radius 3 is 2.82 bits per heavy atom. The van der Waals surface area contributed by atoms with Crippen LogP contribution in [0.2, 0.25) is 0 Å². The Hall–Kier alpha value is -1.00. The van der Waals surface area contributed by atoms with E-state index in [2.05, 4.69) is 5.32 Å². The van der Waals surface area contributed by atoms with Gasteiger partial charge in [-0.05, 0) is 25.5 Å². The maximum atomic E-state index is 13.5. The molecule has 1 aromatic rings. The van der Waals surface area contributed by atoms with Crippen molar-refractivity contribution in [3.05, 3.63) is 35.4 Å². The first kappa shape index (κ1) is 12.5. The number of benzene rings is 1. The lowest BCUT2D eigenvalue weighted by molar-refractivity contribution is 0.122. The van der Waals surface area contributed by atoms with Crippen molar-refractivity contribution in [3.63, 3.8) is 0 Å². The summed E-state index contributed by atoms with van der Waals surface area (Å²) in [5.41, 5.74) is 0.172. The molecule has 1 saturated heterocycles. The summed E-state index contributed by atoms with van der Waals surface area (Å²) >= 11 is 0. The number of rotatable bonds is 2. The van der Waals surface area contributed by atoms with E-state index in [4.69, 9.17) is 0 Å². The molecule has 1 fully saturated rings. The second kappa shape index (κ2) is 5.56. The monoisotopic (exact) mass is 241 g/mol. The SMILES string of the molecule is OC(c1ccc(F)cc1F)C1CCCCCN1. The minimum Gasteiger partial charge on any atom is -0.387 e. The Balaban J connectivity index is 2.14. The molecule has 94 valence electrons. The minimum atomic E-state index is -0.909. The fourth-order valence-electron chi connectivity index (χ4n) is 2.28. The molecule has 0 bridgehead atoms. The summed E-state index contributed by atoms with van der Waals surface area (Å²) in [7, 11) is 0. The maximum absolute atomic E-state index is 13.5. The first-order valence-corrected chi connectivity index (χ1v) is 6.05. The standard InChI is InChI=1S/C13H17F2NO/c14-9-5-6-10(11(15)8-9)13(17)12-4-2-1-3-7-16-12/h5-6,8,12-13,16-17H,1-4,7H2. The highest BCUT2D eigenvalue weighted by Gasteiger charge is 2.24. The van der Waals surface area contributed by atoms with Crippen molar-refractivity contribution in [2.75, 3.05) is 6.54 Å². The van der Waals surface area contributed by atoms with Crippen LogP contribution in [0, 0.1) is 11.6 Å². The van der Waals surface area contributed by atoms with Crippen LogP contribution in [0.3, 0.4) is 0 Å². The largest absolute Gasteiger partial charge is 0.387 e. The van der Waals surface area contributed by atoms with Crippen LogP contribution < -0.4 is 5.32 Å². The quantitative estimate of drug-likeness (QED) is 0.834. The van der Waals surface area contributed by atoms with E-state index in [-0.39, 0.29) is 11.6 Å². The zero-order valence-corrected chi connectivity index (χ0v) is 9.63. The highest BCUT2D eigenvalue weighted by Crippen LogP contribution is 2.25. The van der Waals surface area contributed by atoms with Crippen LogP contribution in [0.15, 0.2) is 18.2 Å². The van der Waals surface area contributed by atoms with Gasteiger partial charge in [0.05, 0.1) is 6.10 Å². The molecule has 4 heteroatoms. The van der Waals surface area contributed by atoms with E-state index in [9.17, 15) is 13.9 Å². The predicted octanol–water partition coefficient (Wildman–Crippen LogP) is 2.53. The van der Waals surface area contributed by atoms with Gasteiger partial charge in [-0.1, -0.05) is 18.9 Å². The van der Waals surface area contributed by atoms with Crippen LogP contribution in [0.1, 0.15) is 37.4 Å². The van der Waals surface area contributed by atoms with Crippen LogP contribution in [0.4, 0.5) is 8.78 Å². The van der Waals surface area contributed by atoms with Gasteiger partial charge in [0.25, 0.3) is 0 Å². The summed E-state index contributed by atoms with van der Waals surface area (Å²) < 4.78 is 26.3. The van der Waals surface area contributed by atoms with Crippen molar-refractivity contribution in [3.8, 4) is 0 Å². The third-order valence-corrected chi connectivity index (χ3v) is 3.26. The minimum absolute atomic E-state index is 0.141. The predicted molar refractivity (Wildman–Crippen MR) is 61.6 cm³/mol. The fourth-order valence-corrected chi connectivity index (χ4v) is 2.28. The smallest absolute Gasteiger partial charge is 0.131 e. The van der Waals surface area contributed by atoms with E-state index in [1.807, 2.05) is 0 Å². The molecule has 2 N–H and O–H groups in total. The summed E-state index contributed by atoms with van der Waals surface area (Å²) in [6.07, 6.45) is 3.14. The molecule has 2 nitrogen and oxygen atoms in total. The molecule has 0 radical (unpaired) electrons. The molecule has 2 rings (SSSR count). The number of nitrogens with one attached hydrogen (secondary N) is 1. The molecule has 0 saturated carbocycles. The van der Waals surface area contributed by atoms with Crippen LogP contribution in [-0.2, 0) is 0 Å². The molecule has 2 atom stereocenters. The van der Waals surface area contributed by atoms with Gasteiger partial charge in [0.15, 0.2) is 0 Å². The van der Waals surface area contributed by atoms with E-state index in [0.29, 0.717) is 0 Å². The number of aliphatic hydroxyl groups is 1. The fraction of sp³-hybridized carbons (Fsp3) is 0.538. The molecule has 0 aliphatic carbocycles. The third-order valence-electron chi connectivity index (χ3n) is 3.26. The van der Waals surface area contributed by atoms with Gasteiger partial charge in [-0.25, -0.2) is 8.78 Å². The van der Waals surface area contributed by atoms with E-state index in [0.717, 1.165) is 38.3 Å². The average molecular weight is 241 g/mol. The van der Waals surface area contributed by atoms with Gasteiger partial charge in [-0.3, -0.25) is 0 Å². The van der Waals surface area contributed by atoms with Gasteiger partial charge in [0, 0.05) is 17.7 Å². The average Bonchev–Trinajstić information content (AvgIpc) is 2.56. The Labute approximate surface area is 99.7 Å². The van der Waals surface area contributed by atoms with Gasteiger partial charge in [-0.15, -0.1) is 0 Å². The molecule has 0 amide bonds. The Kier molecular flexibility index (Phi) is 4.07. The van der Waals surface area contributed by atoms with Gasteiger partial charge < -0.3 is 10.4 Å². The zero-order chi connectivity index (χ0) is 12.3. The normalized spacial score (nSPS) is 23.1. The second-order valence-corrected chi connectivity index (χ2v) is 4.52. The van der Waals surface area contributed by atoms with Gasteiger partial charge in [-0.2, -0.15) is 0 Å². The summed E-state index contributed by atoms with van der Waals surface area (Å²) in [4.78, 5) is 0. The topological polar surface area (TPSA) is 32.3 Å².